The lowest BCUT2D eigenvalue weighted by Gasteiger charge is -2.32. The summed E-state index contributed by atoms with van der Waals surface area (Å²) in [7, 11) is 0. The molecular formula is C22H24N4. The summed E-state index contributed by atoms with van der Waals surface area (Å²) in [6.07, 6.45) is 4.37. The summed E-state index contributed by atoms with van der Waals surface area (Å²) in [4.78, 5) is 5.79. The SMILES string of the molecule is N#Cc1ccc(CN2CCC(NCc3cccc4[nH]ccc34)CC2)cc1. The van der Waals surface area contributed by atoms with Crippen LogP contribution in [0, 0.1) is 11.3 Å². The molecule has 0 aliphatic carbocycles. The summed E-state index contributed by atoms with van der Waals surface area (Å²) >= 11 is 0. The number of likely N-dealkylation sites (tertiary alicyclic amines) is 1. The number of aromatic nitrogens is 1. The lowest BCUT2D eigenvalue weighted by atomic mass is 10.0. The molecule has 0 radical (unpaired) electrons. The van der Waals surface area contributed by atoms with Crippen molar-refractivity contribution in [2.75, 3.05) is 13.1 Å². The Kier molecular flexibility index (Phi) is 5.01. The van der Waals surface area contributed by atoms with E-state index in [1.54, 1.807) is 0 Å². The van der Waals surface area contributed by atoms with Gasteiger partial charge in [0.1, 0.15) is 0 Å². The molecule has 132 valence electrons. The Balaban J connectivity index is 1.27. The average molecular weight is 344 g/mol. The lowest BCUT2D eigenvalue weighted by molar-refractivity contribution is 0.190. The van der Waals surface area contributed by atoms with Crippen LogP contribution in [0.15, 0.2) is 54.7 Å². The highest BCUT2D eigenvalue weighted by atomic mass is 15.1. The monoisotopic (exact) mass is 344 g/mol. The first kappa shape index (κ1) is 16.8. The summed E-state index contributed by atoms with van der Waals surface area (Å²) in [5.41, 5.74) is 4.59. The molecule has 0 amide bonds. The molecule has 0 spiro atoms. The minimum atomic E-state index is 0.585. The van der Waals surface area contributed by atoms with Gasteiger partial charge in [-0.1, -0.05) is 24.3 Å². The third-order valence-electron chi connectivity index (χ3n) is 5.34. The van der Waals surface area contributed by atoms with E-state index in [0.717, 1.165) is 31.7 Å². The zero-order valence-corrected chi connectivity index (χ0v) is 14.9. The van der Waals surface area contributed by atoms with Gasteiger partial charge in [-0.05, 0) is 61.3 Å². The number of rotatable bonds is 5. The summed E-state index contributed by atoms with van der Waals surface area (Å²) in [5, 5.41) is 13.9. The zero-order chi connectivity index (χ0) is 17.8. The van der Waals surface area contributed by atoms with E-state index in [1.807, 2.05) is 18.3 Å². The average Bonchev–Trinajstić information content (AvgIpc) is 3.17. The molecule has 2 N–H and O–H groups in total. The van der Waals surface area contributed by atoms with Crippen molar-refractivity contribution in [2.24, 2.45) is 0 Å². The van der Waals surface area contributed by atoms with Gasteiger partial charge in [0.15, 0.2) is 0 Å². The maximum atomic E-state index is 8.89. The first-order chi connectivity index (χ1) is 12.8. The Morgan fingerprint density at radius 1 is 1.08 bits per heavy atom. The van der Waals surface area contributed by atoms with E-state index in [4.69, 9.17) is 5.26 Å². The molecule has 0 bridgehead atoms. The number of nitrogens with one attached hydrogen (secondary N) is 2. The standard InChI is InChI=1S/C22H24N4/c23-14-17-4-6-18(7-5-17)16-26-12-9-20(10-13-26)25-15-19-2-1-3-22-21(19)8-11-24-22/h1-8,11,20,24-25H,9-10,12-13,15-16H2. The van der Waals surface area contributed by atoms with Gasteiger partial charge in [0.25, 0.3) is 0 Å². The maximum absolute atomic E-state index is 8.89. The van der Waals surface area contributed by atoms with Gasteiger partial charge >= 0.3 is 0 Å². The van der Waals surface area contributed by atoms with Crippen molar-refractivity contribution in [3.8, 4) is 6.07 Å². The van der Waals surface area contributed by atoms with Gasteiger partial charge in [-0.2, -0.15) is 5.26 Å². The number of piperidine rings is 1. The highest BCUT2D eigenvalue weighted by molar-refractivity contribution is 5.82. The molecule has 1 aliphatic heterocycles. The molecule has 4 rings (SSSR count). The Bertz CT molecular complexity index is 896. The Morgan fingerprint density at radius 2 is 1.88 bits per heavy atom. The predicted molar refractivity (Wildman–Crippen MR) is 105 cm³/mol. The van der Waals surface area contributed by atoms with Gasteiger partial charge in [-0.3, -0.25) is 4.90 Å². The Hall–Kier alpha value is -2.61. The molecule has 1 saturated heterocycles. The van der Waals surface area contributed by atoms with Crippen molar-refractivity contribution in [1.82, 2.24) is 15.2 Å². The second kappa shape index (κ2) is 7.74. The normalized spacial score (nSPS) is 16.0. The Morgan fingerprint density at radius 3 is 2.65 bits per heavy atom. The summed E-state index contributed by atoms with van der Waals surface area (Å²) < 4.78 is 0. The molecule has 3 aromatic rings. The first-order valence-corrected chi connectivity index (χ1v) is 9.31. The minimum absolute atomic E-state index is 0.585. The van der Waals surface area contributed by atoms with Gasteiger partial charge < -0.3 is 10.3 Å². The Labute approximate surface area is 154 Å². The molecule has 4 nitrogen and oxygen atoms in total. The van der Waals surface area contributed by atoms with Crippen LogP contribution >= 0.6 is 0 Å². The summed E-state index contributed by atoms with van der Waals surface area (Å²) in [6.45, 7) is 4.13. The van der Waals surface area contributed by atoms with Crippen LogP contribution in [-0.4, -0.2) is 29.0 Å². The van der Waals surface area contributed by atoms with Crippen LogP contribution in [0.2, 0.25) is 0 Å². The van der Waals surface area contributed by atoms with Crippen LogP contribution in [-0.2, 0) is 13.1 Å². The number of hydrogen-bond donors (Lipinski definition) is 2. The van der Waals surface area contributed by atoms with Crippen LogP contribution in [0.4, 0.5) is 0 Å². The molecule has 1 aliphatic rings. The van der Waals surface area contributed by atoms with Gasteiger partial charge in [0.05, 0.1) is 11.6 Å². The number of benzene rings is 2. The highest BCUT2D eigenvalue weighted by Gasteiger charge is 2.19. The summed E-state index contributed by atoms with van der Waals surface area (Å²) in [6, 6.07) is 19.3. The van der Waals surface area contributed by atoms with Crippen LogP contribution in [0.5, 0.6) is 0 Å². The van der Waals surface area contributed by atoms with Crippen molar-refractivity contribution < 1.29 is 0 Å². The zero-order valence-electron chi connectivity index (χ0n) is 14.9. The third kappa shape index (κ3) is 3.80. The molecular weight excluding hydrogens is 320 g/mol. The number of H-pyrrole nitrogens is 1. The molecule has 0 atom stereocenters. The molecule has 2 aromatic carbocycles. The van der Waals surface area contributed by atoms with Gasteiger partial charge in [-0.15, -0.1) is 0 Å². The highest BCUT2D eigenvalue weighted by Crippen LogP contribution is 2.19. The minimum Gasteiger partial charge on any atom is -0.361 e. The van der Waals surface area contributed by atoms with Crippen molar-refractivity contribution in [3.05, 3.63) is 71.4 Å². The fourth-order valence-corrected chi connectivity index (χ4v) is 3.80. The third-order valence-corrected chi connectivity index (χ3v) is 5.34. The maximum Gasteiger partial charge on any atom is 0.0991 e. The number of aromatic amines is 1. The molecule has 1 aromatic heterocycles. The van der Waals surface area contributed by atoms with Gasteiger partial charge in [-0.25, -0.2) is 0 Å². The first-order valence-electron chi connectivity index (χ1n) is 9.31. The van der Waals surface area contributed by atoms with Crippen LogP contribution in [0.25, 0.3) is 10.9 Å². The second-order valence-corrected chi connectivity index (χ2v) is 7.10. The van der Waals surface area contributed by atoms with Crippen molar-refractivity contribution >= 4 is 10.9 Å². The molecule has 0 unspecified atom stereocenters. The van der Waals surface area contributed by atoms with Gasteiger partial charge in [0, 0.05) is 36.2 Å². The van der Waals surface area contributed by atoms with Crippen LogP contribution < -0.4 is 5.32 Å². The largest absolute Gasteiger partial charge is 0.361 e. The fraction of sp³-hybridized carbons (Fsp3) is 0.318. The van der Waals surface area contributed by atoms with E-state index in [1.165, 1.54) is 34.9 Å². The molecule has 1 fully saturated rings. The van der Waals surface area contributed by atoms with E-state index < -0.39 is 0 Å². The van der Waals surface area contributed by atoms with Crippen molar-refractivity contribution in [2.45, 2.75) is 32.0 Å². The van der Waals surface area contributed by atoms with Crippen LogP contribution in [0.3, 0.4) is 0 Å². The quantitative estimate of drug-likeness (QED) is 0.740. The van der Waals surface area contributed by atoms with Gasteiger partial charge in [0.2, 0.25) is 0 Å². The van der Waals surface area contributed by atoms with Crippen molar-refractivity contribution in [3.63, 3.8) is 0 Å². The van der Waals surface area contributed by atoms with E-state index >= 15 is 0 Å². The van der Waals surface area contributed by atoms with E-state index in [0.29, 0.717) is 6.04 Å². The van der Waals surface area contributed by atoms with Crippen LogP contribution in [0.1, 0.15) is 29.5 Å². The molecule has 2 heterocycles. The molecule has 0 saturated carbocycles. The van der Waals surface area contributed by atoms with E-state index in [-0.39, 0.29) is 0 Å². The number of hydrogen-bond acceptors (Lipinski definition) is 3. The molecule has 4 heteroatoms. The number of nitriles is 1. The molecule has 26 heavy (non-hydrogen) atoms. The van der Waals surface area contributed by atoms with E-state index in [2.05, 4.69) is 57.7 Å². The number of nitrogens with zero attached hydrogens (tertiary/aromatic N) is 2. The number of fused-ring (bicyclic) bond motifs is 1. The lowest BCUT2D eigenvalue weighted by Crippen LogP contribution is -2.41. The fourth-order valence-electron chi connectivity index (χ4n) is 3.80. The second-order valence-electron chi connectivity index (χ2n) is 7.10. The summed E-state index contributed by atoms with van der Waals surface area (Å²) in [5.74, 6) is 0. The topological polar surface area (TPSA) is 54.9 Å². The van der Waals surface area contributed by atoms with Crippen molar-refractivity contribution in [1.29, 1.82) is 5.26 Å². The predicted octanol–water partition coefficient (Wildman–Crippen LogP) is 3.79. The smallest absolute Gasteiger partial charge is 0.0991 e. The van der Waals surface area contributed by atoms with E-state index in [9.17, 15) is 0 Å².